The van der Waals surface area contributed by atoms with Gasteiger partial charge in [-0.25, -0.2) is 18.4 Å². The second-order valence-electron chi connectivity index (χ2n) is 4.37. The van der Waals surface area contributed by atoms with Crippen LogP contribution in [0.2, 0.25) is 0 Å². The monoisotopic (exact) mass is 346 g/mol. The number of rotatable bonds is 3. The van der Waals surface area contributed by atoms with Crippen molar-refractivity contribution in [2.75, 3.05) is 31.1 Å². The van der Waals surface area contributed by atoms with Crippen LogP contribution in [0.15, 0.2) is 39.8 Å². The molecule has 1 N–H and O–H groups in total. The molecule has 1 fully saturated rings. The molecule has 2 aromatic rings. The maximum atomic E-state index is 12.4. The Hall–Kier alpha value is -1.22. The third kappa shape index (κ3) is 3.34. The molecule has 3 heterocycles. The highest BCUT2D eigenvalue weighted by Crippen LogP contribution is 2.29. The average Bonchev–Trinajstić information content (AvgIpc) is 3.00. The smallest absolute Gasteiger partial charge is 0.234 e. The molecule has 0 aliphatic carbocycles. The Labute approximate surface area is 133 Å². The van der Waals surface area contributed by atoms with Crippen LogP contribution in [0.1, 0.15) is 0 Å². The van der Waals surface area contributed by atoms with E-state index in [4.69, 9.17) is 0 Å². The Kier molecular flexibility index (Phi) is 5.15. The molecule has 114 valence electrons. The first-order chi connectivity index (χ1) is 9.68. The molecule has 0 saturated carbocycles. The zero-order valence-corrected chi connectivity index (χ0v) is 13.5. The molecule has 0 amide bonds. The van der Waals surface area contributed by atoms with E-state index in [0.717, 1.165) is 31.3 Å². The van der Waals surface area contributed by atoms with Crippen LogP contribution >= 0.6 is 23.7 Å². The summed E-state index contributed by atoms with van der Waals surface area (Å²) >= 11 is 1.20. The highest BCUT2D eigenvalue weighted by atomic mass is 35.5. The van der Waals surface area contributed by atoms with Gasteiger partial charge in [-0.15, -0.1) is 12.4 Å². The van der Waals surface area contributed by atoms with Gasteiger partial charge in [-0.05, 0) is 12.1 Å². The molecule has 0 spiro atoms. The lowest BCUT2D eigenvalue weighted by molar-refractivity contribution is 0.588. The minimum atomic E-state index is -3.55. The topological polar surface area (TPSA) is 75.2 Å². The molecule has 6 nitrogen and oxygen atoms in total. The van der Waals surface area contributed by atoms with Gasteiger partial charge in [0.05, 0.1) is 6.20 Å². The molecule has 1 aliphatic heterocycles. The molecule has 1 saturated heterocycles. The number of hydrogen-bond acceptors (Lipinski definition) is 7. The van der Waals surface area contributed by atoms with Crippen molar-refractivity contribution in [1.29, 1.82) is 0 Å². The Morgan fingerprint density at radius 1 is 1.19 bits per heavy atom. The first-order valence-corrected chi connectivity index (χ1v) is 8.55. The number of hydrogen-bond donors (Lipinski definition) is 1. The molecule has 9 heteroatoms. The summed E-state index contributed by atoms with van der Waals surface area (Å²) in [5.41, 5.74) is 0. The molecule has 1 aliphatic rings. The van der Waals surface area contributed by atoms with E-state index in [1.165, 1.54) is 29.8 Å². The predicted molar refractivity (Wildman–Crippen MR) is 84.1 cm³/mol. The lowest BCUT2D eigenvalue weighted by atomic mass is 10.4. The van der Waals surface area contributed by atoms with Crippen molar-refractivity contribution >= 4 is 38.7 Å². The Balaban J connectivity index is 0.00000161. The van der Waals surface area contributed by atoms with Crippen molar-refractivity contribution in [1.82, 2.24) is 15.3 Å². The summed E-state index contributed by atoms with van der Waals surface area (Å²) in [6.07, 6.45) is 2.90. The molecular formula is C12H15ClN4O2S2. The van der Waals surface area contributed by atoms with Crippen LogP contribution in [0, 0.1) is 0 Å². The second kappa shape index (κ2) is 6.69. The molecule has 2 aromatic heterocycles. The van der Waals surface area contributed by atoms with Crippen LogP contribution in [0.4, 0.5) is 5.13 Å². The van der Waals surface area contributed by atoms with Gasteiger partial charge in [0.25, 0.3) is 0 Å². The maximum Gasteiger partial charge on any atom is 0.234 e. The van der Waals surface area contributed by atoms with Crippen LogP contribution in [0.3, 0.4) is 0 Å². The SMILES string of the molecule is Cl.O=S(=O)(c1ccccn1)c1cnc(N2CCNCC2)s1. The Morgan fingerprint density at radius 2 is 1.95 bits per heavy atom. The molecule has 0 bridgehead atoms. The number of pyridine rings is 1. The molecule has 0 unspecified atom stereocenters. The Bertz CT molecular complexity index is 684. The first-order valence-electron chi connectivity index (χ1n) is 6.25. The summed E-state index contributed by atoms with van der Waals surface area (Å²) in [5.74, 6) is 0. The number of halogens is 1. The normalized spacial score (nSPS) is 15.5. The minimum Gasteiger partial charge on any atom is -0.346 e. The van der Waals surface area contributed by atoms with Crippen molar-refractivity contribution in [3.8, 4) is 0 Å². The van der Waals surface area contributed by atoms with Crippen molar-refractivity contribution in [3.05, 3.63) is 30.6 Å². The number of thiazole rings is 1. The highest BCUT2D eigenvalue weighted by molar-refractivity contribution is 7.93. The number of piperazine rings is 1. The zero-order valence-electron chi connectivity index (χ0n) is 11.1. The molecule has 3 rings (SSSR count). The summed E-state index contributed by atoms with van der Waals surface area (Å²) in [5, 5.41) is 4.07. The van der Waals surface area contributed by atoms with Gasteiger partial charge in [-0.2, -0.15) is 0 Å². The second-order valence-corrected chi connectivity index (χ2v) is 7.50. The number of anilines is 1. The van der Waals surface area contributed by atoms with E-state index in [9.17, 15) is 8.42 Å². The number of nitrogens with zero attached hydrogens (tertiary/aromatic N) is 3. The van der Waals surface area contributed by atoms with Crippen LogP contribution in [0.25, 0.3) is 0 Å². The molecular weight excluding hydrogens is 332 g/mol. The van der Waals surface area contributed by atoms with Gasteiger partial charge in [-0.1, -0.05) is 17.4 Å². The fraction of sp³-hybridized carbons (Fsp3) is 0.333. The molecule has 21 heavy (non-hydrogen) atoms. The number of sulfone groups is 1. The summed E-state index contributed by atoms with van der Waals surface area (Å²) in [6.45, 7) is 3.47. The van der Waals surface area contributed by atoms with Crippen LogP contribution < -0.4 is 10.2 Å². The van der Waals surface area contributed by atoms with Crippen LogP contribution in [0.5, 0.6) is 0 Å². The van der Waals surface area contributed by atoms with Gasteiger partial charge in [0.2, 0.25) is 9.84 Å². The standard InChI is InChI=1S/C12H14N4O2S2.ClH/c17-20(18,10-3-1-2-4-14-10)11-9-15-12(19-11)16-7-5-13-6-8-16;/h1-4,9,13H,5-8H2;1H. The average molecular weight is 347 g/mol. The van der Waals surface area contributed by atoms with Crippen molar-refractivity contribution in [3.63, 3.8) is 0 Å². The predicted octanol–water partition coefficient (Wildman–Crippen LogP) is 1.20. The molecule has 0 atom stereocenters. The lowest BCUT2D eigenvalue weighted by Crippen LogP contribution is -2.43. The highest BCUT2D eigenvalue weighted by Gasteiger charge is 2.24. The molecule has 0 radical (unpaired) electrons. The van der Waals surface area contributed by atoms with Gasteiger partial charge in [0.1, 0.15) is 4.21 Å². The van der Waals surface area contributed by atoms with E-state index >= 15 is 0 Å². The van der Waals surface area contributed by atoms with E-state index in [0.29, 0.717) is 0 Å². The van der Waals surface area contributed by atoms with E-state index in [2.05, 4.69) is 20.2 Å². The van der Waals surface area contributed by atoms with Gasteiger partial charge >= 0.3 is 0 Å². The first kappa shape index (κ1) is 16.2. The largest absolute Gasteiger partial charge is 0.346 e. The Morgan fingerprint density at radius 3 is 2.62 bits per heavy atom. The van der Waals surface area contributed by atoms with E-state index in [-0.39, 0.29) is 21.6 Å². The maximum absolute atomic E-state index is 12.4. The minimum absolute atomic E-state index is 0. The van der Waals surface area contributed by atoms with Gasteiger partial charge in [0, 0.05) is 32.4 Å². The summed E-state index contributed by atoms with van der Waals surface area (Å²) < 4.78 is 25.1. The quantitative estimate of drug-likeness (QED) is 0.900. The van der Waals surface area contributed by atoms with Crippen molar-refractivity contribution < 1.29 is 8.42 Å². The van der Waals surface area contributed by atoms with Crippen LogP contribution in [-0.4, -0.2) is 44.6 Å². The fourth-order valence-electron chi connectivity index (χ4n) is 1.99. The van der Waals surface area contributed by atoms with Crippen molar-refractivity contribution in [2.45, 2.75) is 9.24 Å². The van der Waals surface area contributed by atoms with E-state index < -0.39 is 9.84 Å². The summed E-state index contributed by atoms with van der Waals surface area (Å²) in [7, 11) is -3.55. The summed E-state index contributed by atoms with van der Waals surface area (Å²) in [4.78, 5) is 10.3. The van der Waals surface area contributed by atoms with Crippen molar-refractivity contribution in [2.24, 2.45) is 0 Å². The lowest BCUT2D eigenvalue weighted by Gasteiger charge is -2.26. The summed E-state index contributed by atoms with van der Waals surface area (Å²) in [6, 6.07) is 4.86. The third-order valence-corrected chi connectivity index (χ3v) is 6.23. The molecule has 0 aromatic carbocycles. The number of nitrogens with one attached hydrogen (secondary N) is 1. The van der Waals surface area contributed by atoms with Gasteiger partial charge in [0.15, 0.2) is 10.2 Å². The van der Waals surface area contributed by atoms with Gasteiger partial charge < -0.3 is 10.2 Å². The van der Waals surface area contributed by atoms with E-state index in [1.54, 1.807) is 12.1 Å². The van der Waals surface area contributed by atoms with E-state index in [1.807, 2.05) is 0 Å². The number of aromatic nitrogens is 2. The zero-order chi connectivity index (χ0) is 14.0. The third-order valence-electron chi connectivity index (χ3n) is 3.04. The van der Waals surface area contributed by atoms with Crippen LogP contribution in [-0.2, 0) is 9.84 Å². The fourth-order valence-corrected chi connectivity index (χ4v) is 4.46. The van der Waals surface area contributed by atoms with Gasteiger partial charge in [-0.3, -0.25) is 0 Å².